The van der Waals surface area contributed by atoms with Crippen molar-refractivity contribution >= 4 is 40.7 Å². The third kappa shape index (κ3) is 8.61. The summed E-state index contributed by atoms with van der Waals surface area (Å²) in [4.78, 5) is 61.7. The van der Waals surface area contributed by atoms with Gasteiger partial charge in [-0.2, -0.15) is 4.98 Å². The van der Waals surface area contributed by atoms with E-state index in [2.05, 4.69) is 25.6 Å². The number of rotatable bonds is 13. The molecule has 2 aromatic heterocycles. The first-order chi connectivity index (χ1) is 20.0. The zero-order valence-corrected chi connectivity index (χ0v) is 25.3. The first-order valence-corrected chi connectivity index (χ1v) is 14.4. The van der Waals surface area contributed by atoms with Gasteiger partial charge in [0.1, 0.15) is 11.7 Å². The van der Waals surface area contributed by atoms with Crippen LogP contribution >= 0.6 is 0 Å². The normalized spacial score (nSPS) is 12.0. The molecule has 0 unspecified atom stereocenters. The van der Waals surface area contributed by atoms with Crippen molar-refractivity contribution in [3.05, 3.63) is 52.8 Å². The molecule has 3 N–H and O–H groups in total. The maximum atomic E-state index is 12.9. The number of carbonyl (C=O) groups excluding carboxylic acids is 4. The molecule has 0 saturated heterocycles. The highest BCUT2D eigenvalue weighted by Gasteiger charge is 2.25. The first kappa shape index (κ1) is 32.2. The largest absolute Gasteiger partial charge is 0.466 e. The number of aryl methyl sites for hydroxylation is 3. The zero-order valence-electron chi connectivity index (χ0n) is 25.3. The molecule has 1 aromatic carbocycles. The minimum atomic E-state index is -0.958. The van der Waals surface area contributed by atoms with E-state index >= 15 is 0 Å². The van der Waals surface area contributed by atoms with Crippen LogP contribution in [0.2, 0.25) is 0 Å². The second-order valence-corrected chi connectivity index (χ2v) is 10.9. The number of fused-ring (bicyclic) bond motifs is 1. The van der Waals surface area contributed by atoms with Crippen molar-refractivity contribution in [2.24, 2.45) is 5.41 Å². The Balaban J connectivity index is 1.66. The maximum absolute atomic E-state index is 12.9. The van der Waals surface area contributed by atoms with Gasteiger partial charge in [-0.3, -0.25) is 19.7 Å². The molecule has 0 radical (unpaired) electrons. The van der Waals surface area contributed by atoms with Gasteiger partial charge in [-0.05, 0) is 62.8 Å². The summed E-state index contributed by atoms with van der Waals surface area (Å²) < 4.78 is 9.99. The Morgan fingerprint density at radius 3 is 2.26 bits per heavy atom. The standard InChI is InChI=1S/C31H41N5O6/c1-7-22-25-21(18-32-26(25)35-30(34-22)36-29(40)31(4,5)6)15-12-19-10-13-20(14-11-19)27(38)33-23(28(39)42-9-3)16-17-24(37)41-8-2/h10-11,13-14,18,23H,7-9,12,15-17H2,1-6H3,(H,33,38)(H2,32,34,35,36,40)/t23-/m0/s1. The van der Waals surface area contributed by atoms with Crippen LogP contribution in [0.15, 0.2) is 30.5 Å². The number of ether oxygens (including phenoxy) is 2. The second kappa shape index (κ2) is 14.6. The third-order valence-corrected chi connectivity index (χ3v) is 6.65. The number of benzene rings is 1. The molecular formula is C31H41N5O6. The number of esters is 2. The van der Waals surface area contributed by atoms with Crippen molar-refractivity contribution in [2.75, 3.05) is 18.5 Å². The third-order valence-electron chi connectivity index (χ3n) is 6.65. The molecule has 1 atom stereocenters. The molecule has 2 heterocycles. The number of nitrogens with zero attached hydrogens (tertiary/aromatic N) is 2. The highest BCUT2D eigenvalue weighted by Crippen LogP contribution is 2.25. The molecule has 226 valence electrons. The fourth-order valence-corrected chi connectivity index (χ4v) is 4.31. The average molecular weight is 580 g/mol. The van der Waals surface area contributed by atoms with Crippen molar-refractivity contribution < 1.29 is 28.7 Å². The Hall–Kier alpha value is -4.28. The molecule has 3 rings (SSSR count). The number of carbonyl (C=O) groups is 4. The predicted octanol–water partition coefficient (Wildman–Crippen LogP) is 4.29. The number of anilines is 1. The van der Waals surface area contributed by atoms with Crippen LogP contribution in [0.1, 0.15) is 81.6 Å². The van der Waals surface area contributed by atoms with Gasteiger partial charge in [0.25, 0.3) is 5.91 Å². The lowest BCUT2D eigenvalue weighted by molar-refractivity contribution is -0.146. The number of amides is 2. The summed E-state index contributed by atoms with van der Waals surface area (Å²) in [5.74, 6) is -1.33. The molecule has 0 fully saturated rings. The van der Waals surface area contributed by atoms with E-state index in [0.29, 0.717) is 30.5 Å². The molecule has 0 bridgehead atoms. The van der Waals surface area contributed by atoms with E-state index in [1.54, 1.807) is 26.0 Å². The van der Waals surface area contributed by atoms with Crippen LogP contribution in [-0.2, 0) is 43.1 Å². The Morgan fingerprint density at radius 1 is 0.952 bits per heavy atom. The first-order valence-electron chi connectivity index (χ1n) is 14.4. The van der Waals surface area contributed by atoms with Gasteiger partial charge in [-0.15, -0.1) is 0 Å². The molecule has 0 aliphatic heterocycles. The molecule has 11 nitrogen and oxygen atoms in total. The Labute approximate surface area is 246 Å². The molecule has 42 heavy (non-hydrogen) atoms. The molecule has 2 amide bonds. The van der Waals surface area contributed by atoms with Gasteiger partial charge in [0.2, 0.25) is 11.9 Å². The SMILES string of the molecule is CCOC(=O)CC[C@H](NC(=O)c1ccc(CCc2c[nH]c3nc(NC(=O)C(C)(C)C)nc(CC)c23)cc1)C(=O)OCC. The molecule has 3 aromatic rings. The molecule has 0 spiro atoms. The summed E-state index contributed by atoms with van der Waals surface area (Å²) in [5.41, 5.74) is 3.45. The van der Waals surface area contributed by atoms with Crippen molar-refractivity contribution in [3.8, 4) is 0 Å². The quantitative estimate of drug-likeness (QED) is 0.254. The smallest absolute Gasteiger partial charge is 0.328 e. The second-order valence-electron chi connectivity index (χ2n) is 10.9. The molecular weight excluding hydrogens is 538 g/mol. The number of hydrogen-bond donors (Lipinski definition) is 3. The summed E-state index contributed by atoms with van der Waals surface area (Å²) in [7, 11) is 0. The fourth-order valence-electron chi connectivity index (χ4n) is 4.31. The van der Waals surface area contributed by atoms with Crippen LogP contribution in [0.5, 0.6) is 0 Å². The van der Waals surface area contributed by atoms with E-state index in [4.69, 9.17) is 9.47 Å². The molecule has 11 heteroatoms. The summed E-state index contributed by atoms with van der Waals surface area (Å²) in [5, 5.41) is 6.45. The topological polar surface area (TPSA) is 152 Å². The number of aromatic amines is 1. The minimum absolute atomic E-state index is 0.0119. The summed E-state index contributed by atoms with van der Waals surface area (Å²) in [6.07, 6.45) is 4.10. The van der Waals surface area contributed by atoms with E-state index < -0.39 is 29.3 Å². The average Bonchev–Trinajstić information content (AvgIpc) is 3.36. The van der Waals surface area contributed by atoms with Crippen LogP contribution in [0.4, 0.5) is 5.95 Å². The van der Waals surface area contributed by atoms with Crippen molar-refractivity contribution in [3.63, 3.8) is 0 Å². The number of nitrogens with one attached hydrogen (secondary N) is 3. The maximum Gasteiger partial charge on any atom is 0.328 e. The van der Waals surface area contributed by atoms with E-state index in [1.165, 1.54) is 0 Å². The van der Waals surface area contributed by atoms with Crippen molar-refractivity contribution in [1.29, 1.82) is 0 Å². The van der Waals surface area contributed by atoms with Gasteiger partial charge in [0, 0.05) is 29.0 Å². The molecule has 0 aliphatic rings. The van der Waals surface area contributed by atoms with Crippen LogP contribution in [-0.4, -0.2) is 58.0 Å². The monoisotopic (exact) mass is 579 g/mol. The lowest BCUT2D eigenvalue weighted by Gasteiger charge is -2.17. The summed E-state index contributed by atoms with van der Waals surface area (Å²) in [6.45, 7) is 11.3. The highest BCUT2D eigenvalue weighted by atomic mass is 16.5. The Morgan fingerprint density at radius 2 is 1.64 bits per heavy atom. The van der Waals surface area contributed by atoms with Crippen molar-refractivity contribution in [2.45, 2.75) is 79.7 Å². The van der Waals surface area contributed by atoms with E-state index in [1.807, 2.05) is 46.0 Å². The van der Waals surface area contributed by atoms with Crippen LogP contribution < -0.4 is 10.6 Å². The van der Waals surface area contributed by atoms with Gasteiger partial charge < -0.3 is 19.8 Å². The minimum Gasteiger partial charge on any atom is -0.466 e. The van der Waals surface area contributed by atoms with Crippen LogP contribution in [0.3, 0.4) is 0 Å². The van der Waals surface area contributed by atoms with E-state index in [9.17, 15) is 19.2 Å². The van der Waals surface area contributed by atoms with Gasteiger partial charge in [-0.25, -0.2) is 9.78 Å². The summed E-state index contributed by atoms with van der Waals surface area (Å²) in [6, 6.07) is 6.20. The molecule has 0 aliphatic carbocycles. The van der Waals surface area contributed by atoms with Crippen molar-refractivity contribution in [1.82, 2.24) is 20.3 Å². The van der Waals surface area contributed by atoms with E-state index in [-0.39, 0.29) is 37.9 Å². The van der Waals surface area contributed by atoms with E-state index in [0.717, 1.165) is 22.2 Å². The summed E-state index contributed by atoms with van der Waals surface area (Å²) >= 11 is 0. The van der Waals surface area contributed by atoms with Gasteiger partial charge >= 0.3 is 11.9 Å². The van der Waals surface area contributed by atoms with Gasteiger partial charge in [-0.1, -0.05) is 39.8 Å². The van der Waals surface area contributed by atoms with Crippen LogP contribution in [0.25, 0.3) is 11.0 Å². The predicted molar refractivity (Wildman–Crippen MR) is 159 cm³/mol. The number of H-pyrrole nitrogens is 1. The van der Waals surface area contributed by atoms with Gasteiger partial charge in [0.15, 0.2) is 0 Å². The Kier molecular flexibility index (Phi) is 11.2. The zero-order chi connectivity index (χ0) is 30.9. The van der Waals surface area contributed by atoms with Crippen LogP contribution in [0, 0.1) is 5.41 Å². The lowest BCUT2D eigenvalue weighted by Crippen LogP contribution is -2.42. The number of aromatic nitrogens is 3. The van der Waals surface area contributed by atoms with Gasteiger partial charge in [0.05, 0.1) is 18.9 Å². The number of hydrogen-bond acceptors (Lipinski definition) is 8. The fraction of sp³-hybridized carbons (Fsp3) is 0.484. The Bertz CT molecular complexity index is 1410. The lowest BCUT2D eigenvalue weighted by atomic mass is 9.96. The highest BCUT2D eigenvalue weighted by molar-refractivity contribution is 5.97. The molecule has 0 saturated carbocycles.